The molecule has 4 nitrogen and oxygen atoms in total. The molecule has 0 spiro atoms. The van der Waals surface area contributed by atoms with Crippen LogP contribution in [0, 0.1) is 5.82 Å². The number of nitrogens with zero attached hydrogens (tertiary/aromatic N) is 2. The van der Waals surface area contributed by atoms with Crippen molar-refractivity contribution in [3.63, 3.8) is 0 Å². The van der Waals surface area contributed by atoms with Crippen LogP contribution in [0.15, 0.2) is 53.5 Å². The number of halogens is 3. The fraction of sp³-hybridized carbons (Fsp3) is 0.316. The molecule has 0 radical (unpaired) electrons. The number of hydrogen-bond acceptors (Lipinski definition) is 2. The lowest BCUT2D eigenvalue weighted by Gasteiger charge is -2.20. The zero-order valence-electron chi connectivity index (χ0n) is 14.6. The Bertz CT molecular complexity index is 742. The van der Waals surface area contributed by atoms with Gasteiger partial charge in [-0.3, -0.25) is 4.99 Å². The van der Waals surface area contributed by atoms with E-state index in [1.807, 2.05) is 6.07 Å². The van der Waals surface area contributed by atoms with Gasteiger partial charge in [0.1, 0.15) is 5.82 Å². The highest BCUT2D eigenvalue weighted by molar-refractivity contribution is 14.0. The molecular formula is C19H23ClFIN4. The van der Waals surface area contributed by atoms with Gasteiger partial charge < -0.3 is 15.5 Å². The number of hydrogen-bond donors (Lipinski definition) is 2. The number of anilines is 1. The smallest absolute Gasteiger partial charge is 0.191 e. The molecule has 0 amide bonds. The lowest BCUT2D eigenvalue weighted by molar-refractivity contribution is 0.626. The minimum Gasteiger partial charge on any atom is -0.369 e. The van der Waals surface area contributed by atoms with Crippen molar-refractivity contribution >= 4 is 47.2 Å². The number of benzene rings is 2. The number of aliphatic imine (C=N–C) groups is 1. The van der Waals surface area contributed by atoms with Crippen LogP contribution in [0.2, 0.25) is 5.02 Å². The van der Waals surface area contributed by atoms with E-state index in [0.29, 0.717) is 12.6 Å². The van der Waals surface area contributed by atoms with Gasteiger partial charge in [-0.15, -0.1) is 24.0 Å². The van der Waals surface area contributed by atoms with E-state index in [-0.39, 0.29) is 29.0 Å². The van der Waals surface area contributed by atoms with E-state index in [1.165, 1.54) is 11.8 Å². The van der Waals surface area contributed by atoms with Gasteiger partial charge in [0.25, 0.3) is 0 Å². The molecule has 0 aliphatic carbocycles. The van der Waals surface area contributed by atoms with Crippen LogP contribution < -0.4 is 15.5 Å². The van der Waals surface area contributed by atoms with Gasteiger partial charge in [0.05, 0.1) is 5.02 Å². The van der Waals surface area contributed by atoms with E-state index in [9.17, 15) is 4.39 Å². The van der Waals surface area contributed by atoms with Crippen molar-refractivity contribution in [1.29, 1.82) is 0 Å². The zero-order valence-corrected chi connectivity index (χ0v) is 17.7. The van der Waals surface area contributed by atoms with E-state index in [2.05, 4.69) is 44.8 Å². The Hall–Kier alpha value is -1.54. The van der Waals surface area contributed by atoms with Crippen molar-refractivity contribution in [2.75, 3.05) is 25.0 Å². The molecule has 1 aliphatic heterocycles. The second-order valence-corrected chi connectivity index (χ2v) is 6.49. The lowest BCUT2D eigenvalue weighted by Crippen LogP contribution is -2.44. The van der Waals surface area contributed by atoms with E-state index in [0.717, 1.165) is 31.0 Å². The fourth-order valence-corrected chi connectivity index (χ4v) is 3.18. The van der Waals surface area contributed by atoms with Gasteiger partial charge in [0.2, 0.25) is 0 Å². The maximum atomic E-state index is 13.2. The molecule has 7 heteroatoms. The molecule has 2 aromatic rings. The lowest BCUT2D eigenvalue weighted by atomic mass is 10.2. The van der Waals surface area contributed by atoms with Gasteiger partial charge in [-0.05, 0) is 36.2 Å². The van der Waals surface area contributed by atoms with Crippen LogP contribution in [0.3, 0.4) is 0 Å². The normalized spacial score (nSPS) is 17.0. The van der Waals surface area contributed by atoms with Crippen LogP contribution in [0.25, 0.3) is 0 Å². The topological polar surface area (TPSA) is 39.7 Å². The van der Waals surface area contributed by atoms with Crippen LogP contribution in [0.5, 0.6) is 0 Å². The highest BCUT2D eigenvalue weighted by Gasteiger charge is 2.23. The third-order valence-electron chi connectivity index (χ3n) is 4.32. The van der Waals surface area contributed by atoms with Crippen molar-refractivity contribution in [3.05, 3.63) is 64.9 Å². The van der Waals surface area contributed by atoms with Crippen LogP contribution in [0.1, 0.15) is 12.0 Å². The molecule has 0 saturated carbocycles. The minimum absolute atomic E-state index is 0. The monoisotopic (exact) mass is 488 g/mol. The molecule has 1 unspecified atom stereocenters. The zero-order chi connectivity index (χ0) is 17.6. The van der Waals surface area contributed by atoms with Gasteiger partial charge >= 0.3 is 0 Å². The van der Waals surface area contributed by atoms with Gasteiger partial charge in [0, 0.05) is 38.4 Å². The minimum atomic E-state index is -0.403. The predicted octanol–water partition coefficient (Wildman–Crippen LogP) is 4.04. The third-order valence-corrected chi connectivity index (χ3v) is 4.61. The Labute approximate surface area is 175 Å². The summed E-state index contributed by atoms with van der Waals surface area (Å²) in [7, 11) is 1.75. The molecule has 1 aliphatic rings. The van der Waals surface area contributed by atoms with E-state index in [4.69, 9.17) is 11.6 Å². The summed E-state index contributed by atoms with van der Waals surface area (Å²) in [4.78, 5) is 6.64. The molecule has 1 heterocycles. The Morgan fingerprint density at radius 3 is 2.73 bits per heavy atom. The summed E-state index contributed by atoms with van der Waals surface area (Å²) in [6.07, 6.45) is 1.05. The second-order valence-electron chi connectivity index (χ2n) is 6.09. The summed E-state index contributed by atoms with van der Waals surface area (Å²) in [5, 5.41) is 6.84. The summed E-state index contributed by atoms with van der Waals surface area (Å²) >= 11 is 5.82. The van der Waals surface area contributed by atoms with E-state index >= 15 is 0 Å². The summed E-state index contributed by atoms with van der Waals surface area (Å²) in [6.45, 7) is 2.49. The Morgan fingerprint density at radius 1 is 1.27 bits per heavy atom. The largest absolute Gasteiger partial charge is 0.369 e. The van der Waals surface area contributed by atoms with Gasteiger partial charge in [-0.2, -0.15) is 0 Å². The first kappa shape index (κ1) is 20.8. The van der Waals surface area contributed by atoms with E-state index < -0.39 is 5.82 Å². The summed E-state index contributed by atoms with van der Waals surface area (Å²) in [6, 6.07) is 15.5. The van der Waals surface area contributed by atoms with Crippen molar-refractivity contribution in [3.8, 4) is 0 Å². The van der Waals surface area contributed by atoms with Crippen LogP contribution in [-0.4, -0.2) is 32.1 Å². The molecular weight excluding hydrogens is 466 g/mol. The first-order valence-corrected chi connectivity index (χ1v) is 8.74. The standard InChI is InChI=1S/C19H22ClFN4.HI/c1-22-19(23-12-14-7-8-18(21)17(20)11-14)24-15-9-10-25(13-15)16-5-3-2-4-6-16;/h2-8,11,15H,9-10,12-13H2,1H3,(H2,22,23,24);1H. The molecule has 3 rings (SSSR count). The van der Waals surface area contributed by atoms with Crippen LogP contribution >= 0.6 is 35.6 Å². The van der Waals surface area contributed by atoms with Gasteiger partial charge in [-0.1, -0.05) is 35.9 Å². The first-order valence-electron chi connectivity index (χ1n) is 8.37. The first-order chi connectivity index (χ1) is 12.2. The highest BCUT2D eigenvalue weighted by Crippen LogP contribution is 2.19. The maximum Gasteiger partial charge on any atom is 0.191 e. The number of rotatable bonds is 4. The maximum absolute atomic E-state index is 13.2. The SMILES string of the molecule is CN=C(NCc1ccc(F)c(Cl)c1)NC1CCN(c2ccccc2)C1.I. The molecule has 1 saturated heterocycles. The van der Waals surface area contributed by atoms with Gasteiger partial charge in [0.15, 0.2) is 5.96 Å². The summed E-state index contributed by atoms with van der Waals surface area (Å²) in [5.41, 5.74) is 2.15. The van der Waals surface area contributed by atoms with Crippen molar-refractivity contribution < 1.29 is 4.39 Å². The molecule has 0 bridgehead atoms. The Morgan fingerprint density at radius 2 is 2.04 bits per heavy atom. The molecule has 2 aromatic carbocycles. The molecule has 0 aromatic heterocycles. The Balaban J connectivity index is 0.00000243. The molecule has 140 valence electrons. The number of guanidine groups is 1. The van der Waals surface area contributed by atoms with Crippen molar-refractivity contribution in [2.24, 2.45) is 4.99 Å². The van der Waals surface area contributed by atoms with Crippen molar-refractivity contribution in [2.45, 2.75) is 19.0 Å². The predicted molar refractivity (Wildman–Crippen MR) is 117 cm³/mol. The Kier molecular flexibility index (Phi) is 7.96. The van der Waals surface area contributed by atoms with Crippen LogP contribution in [0.4, 0.5) is 10.1 Å². The second kappa shape index (κ2) is 9.97. The van der Waals surface area contributed by atoms with E-state index in [1.54, 1.807) is 19.2 Å². The number of nitrogens with one attached hydrogen (secondary N) is 2. The van der Waals surface area contributed by atoms with Crippen molar-refractivity contribution in [1.82, 2.24) is 10.6 Å². The van der Waals surface area contributed by atoms with Gasteiger partial charge in [-0.25, -0.2) is 4.39 Å². The summed E-state index contributed by atoms with van der Waals surface area (Å²) < 4.78 is 13.2. The molecule has 2 N–H and O–H groups in total. The van der Waals surface area contributed by atoms with Crippen LogP contribution in [-0.2, 0) is 6.54 Å². The average Bonchev–Trinajstić information content (AvgIpc) is 3.11. The number of para-hydroxylation sites is 1. The average molecular weight is 489 g/mol. The molecule has 26 heavy (non-hydrogen) atoms. The quantitative estimate of drug-likeness (QED) is 0.388. The molecule has 1 fully saturated rings. The third kappa shape index (κ3) is 5.48. The molecule has 1 atom stereocenters. The highest BCUT2D eigenvalue weighted by atomic mass is 127. The summed E-state index contributed by atoms with van der Waals surface area (Å²) in [5.74, 6) is 0.334. The fourth-order valence-electron chi connectivity index (χ4n) is 2.97.